The minimum atomic E-state index is 0.0754. The molecule has 0 aliphatic carbocycles. The molecule has 21 heavy (non-hydrogen) atoms. The van der Waals surface area contributed by atoms with Crippen LogP contribution in [0.1, 0.15) is 15.9 Å². The summed E-state index contributed by atoms with van der Waals surface area (Å²) in [4.78, 5) is 16.5. The number of piperazine rings is 1. The van der Waals surface area contributed by atoms with Gasteiger partial charge >= 0.3 is 0 Å². The number of furan rings is 1. The summed E-state index contributed by atoms with van der Waals surface area (Å²) in [5, 5.41) is 0. The van der Waals surface area contributed by atoms with E-state index in [9.17, 15) is 4.79 Å². The molecule has 2 aromatic rings. The fourth-order valence-corrected chi connectivity index (χ4v) is 2.68. The lowest BCUT2D eigenvalue weighted by Crippen LogP contribution is -2.49. The van der Waals surface area contributed by atoms with Crippen molar-refractivity contribution in [3.8, 4) is 0 Å². The van der Waals surface area contributed by atoms with Gasteiger partial charge in [-0.3, -0.25) is 9.69 Å². The molecule has 0 spiro atoms. The molecule has 1 amide bonds. The van der Waals surface area contributed by atoms with E-state index in [-0.39, 0.29) is 5.91 Å². The van der Waals surface area contributed by atoms with Gasteiger partial charge < -0.3 is 9.32 Å². The van der Waals surface area contributed by atoms with Crippen LogP contribution in [-0.4, -0.2) is 48.4 Å². The van der Waals surface area contributed by atoms with Crippen molar-refractivity contribution in [1.29, 1.82) is 0 Å². The number of carbonyl (C=O) groups is 1. The lowest BCUT2D eigenvalue weighted by atomic mass is 10.1. The second-order valence-corrected chi connectivity index (χ2v) is 5.38. The van der Waals surface area contributed by atoms with Crippen LogP contribution >= 0.6 is 0 Å². The van der Waals surface area contributed by atoms with Crippen LogP contribution in [0.2, 0.25) is 0 Å². The van der Waals surface area contributed by atoms with Crippen molar-refractivity contribution in [2.75, 3.05) is 32.7 Å². The number of carbonyl (C=O) groups excluding carboxylic acids is 1. The summed E-state index contributed by atoms with van der Waals surface area (Å²) in [6.45, 7) is 4.52. The summed E-state index contributed by atoms with van der Waals surface area (Å²) >= 11 is 0. The molecule has 2 heterocycles. The Morgan fingerprint density at radius 3 is 2.48 bits per heavy atom. The minimum Gasteiger partial charge on any atom is -0.472 e. The Kier molecular flexibility index (Phi) is 4.36. The lowest BCUT2D eigenvalue weighted by Gasteiger charge is -2.34. The topological polar surface area (TPSA) is 36.7 Å². The molecule has 0 bridgehead atoms. The van der Waals surface area contributed by atoms with Crippen molar-refractivity contribution in [3.63, 3.8) is 0 Å². The highest BCUT2D eigenvalue weighted by atomic mass is 16.3. The molecule has 0 N–H and O–H groups in total. The van der Waals surface area contributed by atoms with Crippen LogP contribution in [0.4, 0.5) is 0 Å². The highest BCUT2D eigenvalue weighted by Gasteiger charge is 2.22. The van der Waals surface area contributed by atoms with Crippen LogP contribution in [0.3, 0.4) is 0 Å². The van der Waals surface area contributed by atoms with Crippen molar-refractivity contribution in [2.24, 2.45) is 0 Å². The smallest absolute Gasteiger partial charge is 0.257 e. The molecule has 0 unspecified atom stereocenters. The first-order valence-electron chi connectivity index (χ1n) is 7.41. The van der Waals surface area contributed by atoms with E-state index in [4.69, 9.17) is 4.42 Å². The van der Waals surface area contributed by atoms with Crippen LogP contribution in [0.5, 0.6) is 0 Å². The fourth-order valence-electron chi connectivity index (χ4n) is 2.68. The van der Waals surface area contributed by atoms with Gasteiger partial charge in [-0.05, 0) is 18.1 Å². The second kappa shape index (κ2) is 6.59. The first-order valence-corrected chi connectivity index (χ1v) is 7.41. The van der Waals surface area contributed by atoms with Crippen LogP contribution in [0.25, 0.3) is 0 Å². The maximum Gasteiger partial charge on any atom is 0.257 e. The maximum atomic E-state index is 12.2. The molecule has 110 valence electrons. The second-order valence-electron chi connectivity index (χ2n) is 5.38. The van der Waals surface area contributed by atoms with Crippen molar-refractivity contribution < 1.29 is 9.21 Å². The number of nitrogens with zero attached hydrogens (tertiary/aromatic N) is 2. The van der Waals surface area contributed by atoms with E-state index in [1.54, 1.807) is 12.3 Å². The van der Waals surface area contributed by atoms with Gasteiger partial charge in [0.2, 0.25) is 0 Å². The molecular formula is C17H20N2O2. The van der Waals surface area contributed by atoms with E-state index >= 15 is 0 Å². The molecule has 1 aliphatic heterocycles. The number of benzene rings is 1. The average Bonchev–Trinajstić information content (AvgIpc) is 3.08. The summed E-state index contributed by atoms with van der Waals surface area (Å²) in [6, 6.07) is 12.3. The molecular weight excluding hydrogens is 264 g/mol. The standard InChI is InChI=1S/C17H20N2O2/c20-17(16-7-13-21-14-16)19-11-9-18(10-12-19)8-6-15-4-2-1-3-5-15/h1-5,7,13-14H,6,8-12H2. The van der Waals surface area contributed by atoms with Gasteiger partial charge in [0.25, 0.3) is 5.91 Å². The molecule has 1 aliphatic rings. The van der Waals surface area contributed by atoms with E-state index in [1.165, 1.54) is 11.8 Å². The molecule has 4 heteroatoms. The monoisotopic (exact) mass is 284 g/mol. The normalized spacial score (nSPS) is 16.1. The Morgan fingerprint density at radius 2 is 1.81 bits per heavy atom. The molecule has 0 radical (unpaired) electrons. The zero-order chi connectivity index (χ0) is 14.5. The predicted octanol–water partition coefficient (Wildman–Crippen LogP) is 2.28. The third-order valence-electron chi connectivity index (χ3n) is 3.99. The lowest BCUT2D eigenvalue weighted by molar-refractivity contribution is 0.0638. The summed E-state index contributed by atoms with van der Waals surface area (Å²) in [5.41, 5.74) is 2.02. The number of rotatable bonds is 4. The third kappa shape index (κ3) is 3.52. The van der Waals surface area contributed by atoms with Gasteiger partial charge in [-0.1, -0.05) is 30.3 Å². The molecule has 1 aromatic heterocycles. The predicted molar refractivity (Wildman–Crippen MR) is 81.2 cm³/mol. The molecule has 1 saturated heterocycles. The zero-order valence-electron chi connectivity index (χ0n) is 12.1. The summed E-state index contributed by atoms with van der Waals surface area (Å²) in [5.74, 6) is 0.0754. The van der Waals surface area contributed by atoms with Crippen molar-refractivity contribution in [3.05, 3.63) is 60.1 Å². The first kappa shape index (κ1) is 13.9. The van der Waals surface area contributed by atoms with Crippen molar-refractivity contribution in [2.45, 2.75) is 6.42 Å². The van der Waals surface area contributed by atoms with Crippen molar-refractivity contribution in [1.82, 2.24) is 9.80 Å². The van der Waals surface area contributed by atoms with E-state index < -0.39 is 0 Å². The van der Waals surface area contributed by atoms with Gasteiger partial charge in [0.15, 0.2) is 0 Å². The van der Waals surface area contributed by atoms with Gasteiger partial charge in [0.05, 0.1) is 11.8 Å². The number of hydrogen-bond acceptors (Lipinski definition) is 3. The number of hydrogen-bond donors (Lipinski definition) is 0. The van der Waals surface area contributed by atoms with Crippen LogP contribution in [0.15, 0.2) is 53.3 Å². The van der Waals surface area contributed by atoms with E-state index in [0.717, 1.165) is 39.1 Å². The largest absolute Gasteiger partial charge is 0.472 e. The Labute approximate surface area is 125 Å². The molecule has 3 rings (SSSR count). The molecule has 0 atom stereocenters. The highest BCUT2D eigenvalue weighted by Crippen LogP contribution is 2.10. The summed E-state index contributed by atoms with van der Waals surface area (Å²) in [6.07, 6.45) is 4.13. The average molecular weight is 284 g/mol. The van der Waals surface area contributed by atoms with Gasteiger partial charge in [-0.2, -0.15) is 0 Å². The van der Waals surface area contributed by atoms with Gasteiger partial charge in [0.1, 0.15) is 6.26 Å². The maximum absolute atomic E-state index is 12.2. The Morgan fingerprint density at radius 1 is 1.05 bits per heavy atom. The van der Waals surface area contributed by atoms with Crippen LogP contribution < -0.4 is 0 Å². The van der Waals surface area contributed by atoms with Crippen LogP contribution in [0, 0.1) is 0 Å². The highest BCUT2D eigenvalue weighted by molar-refractivity contribution is 5.93. The molecule has 1 fully saturated rings. The van der Waals surface area contributed by atoms with E-state index in [0.29, 0.717) is 5.56 Å². The SMILES string of the molecule is O=C(c1ccoc1)N1CCN(CCc2ccccc2)CC1. The quantitative estimate of drug-likeness (QED) is 0.864. The fraction of sp³-hybridized carbons (Fsp3) is 0.353. The summed E-state index contributed by atoms with van der Waals surface area (Å²) in [7, 11) is 0. The molecule has 1 aromatic carbocycles. The van der Waals surface area contributed by atoms with Gasteiger partial charge in [-0.15, -0.1) is 0 Å². The third-order valence-corrected chi connectivity index (χ3v) is 3.99. The van der Waals surface area contributed by atoms with Crippen molar-refractivity contribution >= 4 is 5.91 Å². The van der Waals surface area contributed by atoms with Crippen LogP contribution in [-0.2, 0) is 6.42 Å². The Hall–Kier alpha value is -2.07. The summed E-state index contributed by atoms with van der Waals surface area (Å²) < 4.78 is 4.98. The number of amides is 1. The van der Waals surface area contributed by atoms with Gasteiger partial charge in [0, 0.05) is 32.7 Å². The zero-order valence-corrected chi connectivity index (χ0v) is 12.1. The van der Waals surface area contributed by atoms with E-state index in [1.807, 2.05) is 11.0 Å². The molecule has 4 nitrogen and oxygen atoms in total. The van der Waals surface area contributed by atoms with Gasteiger partial charge in [-0.25, -0.2) is 0 Å². The first-order chi connectivity index (χ1) is 10.3. The Balaban J connectivity index is 1.46. The Bertz CT molecular complexity index is 558. The van der Waals surface area contributed by atoms with E-state index in [2.05, 4.69) is 29.2 Å². The molecule has 0 saturated carbocycles. The minimum absolute atomic E-state index is 0.0754.